The molecule has 0 saturated heterocycles. The Balaban J connectivity index is 1.63. The summed E-state index contributed by atoms with van der Waals surface area (Å²) in [6.45, 7) is 3.21. The third-order valence-corrected chi connectivity index (χ3v) is 4.11. The number of H-pyrrole nitrogens is 1. The van der Waals surface area contributed by atoms with Crippen molar-refractivity contribution in [1.82, 2.24) is 15.8 Å². The smallest absolute Gasteiger partial charge is 0.281 e. The van der Waals surface area contributed by atoms with E-state index in [-0.39, 0.29) is 0 Å². The average Bonchev–Trinajstić information content (AvgIpc) is 3.05. The number of fused-ring (bicyclic) bond motifs is 1. The molecule has 2 amide bonds. The second kappa shape index (κ2) is 7.09. The molecule has 0 bridgehead atoms. The highest BCUT2D eigenvalue weighted by molar-refractivity contribution is 6.30. The van der Waals surface area contributed by atoms with Crippen LogP contribution in [0.4, 0.5) is 0 Å². The van der Waals surface area contributed by atoms with Crippen molar-refractivity contribution >= 4 is 34.3 Å². The SMILES string of the molecule is CC(C)(Oc1ccc(Cl)cc1)C(=O)NNC(=O)c1c[nH]c2ccccc12. The summed E-state index contributed by atoms with van der Waals surface area (Å²) in [6, 6.07) is 14.1. The molecular formula is C19H18ClN3O3. The maximum Gasteiger partial charge on any atom is 0.281 e. The minimum Gasteiger partial charge on any atom is -0.478 e. The van der Waals surface area contributed by atoms with Crippen LogP contribution in [-0.2, 0) is 4.79 Å². The van der Waals surface area contributed by atoms with Crippen LogP contribution in [0.1, 0.15) is 24.2 Å². The fourth-order valence-corrected chi connectivity index (χ4v) is 2.56. The number of hydrogen-bond acceptors (Lipinski definition) is 3. The largest absolute Gasteiger partial charge is 0.478 e. The molecule has 134 valence electrons. The van der Waals surface area contributed by atoms with Crippen LogP contribution in [0.3, 0.4) is 0 Å². The summed E-state index contributed by atoms with van der Waals surface area (Å²) in [7, 11) is 0. The first-order valence-corrected chi connectivity index (χ1v) is 8.36. The lowest BCUT2D eigenvalue weighted by Gasteiger charge is -2.25. The second-order valence-electron chi connectivity index (χ2n) is 6.22. The summed E-state index contributed by atoms with van der Waals surface area (Å²) in [4.78, 5) is 27.7. The normalized spacial score (nSPS) is 11.2. The van der Waals surface area contributed by atoms with Crippen molar-refractivity contribution in [3.05, 3.63) is 65.3 Å². The van der Waals surface area contributed by atoms with Crippen molar-refractivity contribution in [2.24, 2.45) is 0 Å². The summed E-state index contributed by atoms with van der Waals surface area (Å²) >= 11 is 5.84. The lowest BCUT2D eigenvalue weighted by atomic mass is 10.1. The number of nitrogens with one attached hydrogen (secondary N) is 3. The van der Waals surface area contributed by atoms with Crippen LogP contribution in [0.25, 0.3) is 10.9 Å². The van der Waals surface area contributed by atoms with E-state index in [1.807, 2.05) is 24.3 Å². The number of rotatable bonds is 4. The van der Waals surface area contributed by atoms with Gasteiger partial charge in [0.25, 0.3) is 11.8 Å². The van der Waals surface area contributed by atoms with Gasteiger partial charge in [0.2, 0.25) is 0 Å². The van der Waals surface area contributed by atoms with Gasteiger partial charge in [0.05, 0.1) is 5.56 Å². The lowest BCUT2D eigenvalue weighted by Crippen LogP contribution is -2.53. The highest BCUT2D eigenvalue weighted by Crippen LogP contribution is 2.21. The Hall–Kier alpha value is -2.99. The van der Waals surface area contributed by atoms with Crippen LogP contribution < -0.4 is 15.6 Å². The van der Waals surface area contributed by atoms with Crippen LogP contribution in [0.2, 0.25) is 5.02 Å². The Morgan fingerprint density at radius 3 is 2.46 bits per heavy atom. The Morgan fingerprint density at radius 1 is 1.04 bits per heavy atom. The lowest BCUT2D eigenvalue weighted by molar-refractivity contribution is -0.135. The number of hydrazine groups is 1. The second-order valence-corrected chi connectivity index (χ2v) is 6.66. The highest BCUT2D eigenvalue weighted by Gasteiger charge is 2.30. The molecule has 0 aliphatic rings. The van der Waals surface area contributed by atoms with E-state index in [9.17, 15) is 9.59 Å². The number of aromatic nitrogens is 1. The molecule has 0 fully saturated rings. The van der Waals surface area contributed by atoms with E-state index in [2.05, 4.69) is 15.8 Å². The molecule has 3 aromatic rings. The van der Waals surface area contributed by atoms with E-state index < -0.39 is 17.4 Å². The van der Waals surface area contributed by atoms with Crippen LogP contribution in [0.5, 0.6) is 5.75 Å². The number of aromatic amines is 1. The van der Waals surface area contributed by atoms with Crippen LogP contribution in [-0.4, -0.2) is 22.4 Å². The number of benzene rings is 2. The minimum atomic E-state index is -1.19. The molecule has 0 unspecified atom stereocenters. The molecule has 3 N–H and O–H groups in total. The van der Waals surface area contributed by atoms with Gasteiger partial charge in [0.15, 0.2) is 5.60 Å². The summed E-state index contributed by atoms with van der Waals surface area (Å²) in [6.07, 6.45) is 1.60. The zero-order valence-corrected chi connectivity index (χ0v) is 15.1. The summed E-state index contributed by atoms with van der Waals surface area (Å²) in [5, 5.41) is 1.35. The zero-order chi connectivity index (χ0) is 18.7. The van der Waals surface area contributed by atoms with Gasteiger partial charge in [-0.2, -0.15) is 0 Å². The van der Waals surface area contributed by atoms with E-state index in [0.29, 0.717) is 16.3 Å². The first-order chi connectivity index (χ1) is 12.4. The molecule has 6 nitrogen and oxygen atoms in total. The van der Waals surface area contributed by atoms with E-state index in [0.717, 1.165) is 10.9 Å². The van der Waals surface area contributed by atoms with Gasteiger partial charge in [-0.05, 0) is 44.2 Å². The van der Waals surface area contributed by atoms with E-state index in [4.69, 9.17) is 16.3 Å². The van der Waals surface area contributed by atoms with Gasteiger partial charge in [-0.3, -0.25) is 20.4 Å². The van der Waals surface area contributed by atoms with Gasteiger partial charge in [-0.25, -0.2) is 0 Å². The molecule has 3 rings (SSSR count). The first kappa shape index (κ1) is 17.8. The van der Waals surface area contributed by atoms with Crippen LogP contribution in [0, 0.1) is 0 Å². The van der Waals surface area contributed by atoms with E-state index >= 15 is 0 Å². The van der Waals surface area contributed by atoms with Crippen molar-refractivity contribution in [3.63, 3.8) is 0 Å². The number of ether oxygens (including phenoxy) is 1. The molecular weight excluding hydrogens is 354 g/mol. The Labute approximate surface area is 155 Å². The van der Waals surface area contributed by atoms with Crippen LogP contribution >= 0.6 is 11.6 Å². The number of amides is 2. The molecule has 0 aliphatic heterocycles. The number of carbonyl (C=O) groups is 2. The number of para-hydroxylation sites is 1. The molecule has 2 aromatic carbocycles. The Morgan fingerprint density at radius 2 is 1.73 bits per heavy atom. The quantitative estimate of drug-likeness (QED) is 0.614. The Kier molecular flexibility index (Phi) is 4.86. The summed E-state index contributed by atoms with van der Waals surface area (Å²) in [5.74, 6) is -0.406. The van der Waals surface area contributed by atoms with Gasteiger partial charge in [0, 0.05) is 22.1 Å². The van der Waals surface area contributed by atoms with Crippen molar-refractivity contribution < 1.29 is 14.3 Å². The molecule has 0 radical (unpaired) electrons. The van der Waals surface area contributed by atoms with Crippen LogP contribution in [0.15, 0.2) is 54.7 Å². The van der Waals surface area contributed by atoms with Gasteiger partial charge in [-0.15, -0.1) is 0 Å². The van der Waals surface area contributed by atoms with Gasteiger partial charge in [-0.1, -0.05) is 29.8 Å². The average molecular weight is 372 g/mol. The maximum absolute atomic E-state index is 12.4. The standard InChI is InChI=1S/C19H18ClN3O3/c1-19(2,26-13-9-7-12(20)8-10-13)18(25)23-22-17(24)15-11-21-16-6-4-3-5-14(15)16/h3-11,21H,1-2H3,(H,22,24)(H,23,25). The molecule has 0 atom stereocenters. The Bertz CT molecular complexity index is 948. The molecule has 1 aromatic heterocycles. The first-order valence-electron chi connectivity index (χ1n) is 7.98. The predicted octanol–water partition coefficient (Wildman–Crippen LogP) is 3.44. The van der Waals surface area contributed by atoms with E-state index in [1.165, 1.54) is 0 Å². The third kappa shape index (κ3) is 3.81. The monoisotopic (exact) mass is 371 g/mol. The van der Waals surface area contributed by atoms with Crippen molar-refractivity contribution in [3.8, 4) is 5.75 Å². The fourth-order valence-electron chi connectivity index (χ4n) is 2.43. The fraction of sp³-hybridized carbons (Fsp3) is 0.158. The topological polar surface area (TPSA) is 83.2 Å². The van der Waals surface area contributed by atoms with Gasteiger partial charge < -0.3 is 9.72 Å². The molecule has 1 heterocycles. The predicted molar refractivity (Wildman–Crippen MR) is 100 cm³/mol. The van der Waals surface area contributed by atoms with Crippen molar-refractivity contribution in [1.29, 1.82) is 0 Å². The molecule has 0 spiro atoms. The highest BCUT2D eigenvalue weighted by atomic mass is 35.5. The molecule has 0 aliphatic carbocycles. The third-order valence-electron chi connectivity index (χ3n) is 3.86. The molecule has 26 heavy (non-hydrogen) atoms. The van der Waals surface area contributed by atoms with Gasteiger partial charge in [0.1, 0.15) is 5.75 Å². The maximum atomic E-state index is 12.4. The van der Waals surface area contributed by atoms with Gasteiger partial charge >= 0.3 is 0 Å². The van der Waals surface area contributed by atoms with Crippen molar-refractivity contribution in [2.45, 2.75) is 19.4 Å². The minimum absolute atomic E-state index is 0.418. The summed E-state index contributed by atoms with van der Waals surface area (Å²) < 4.78 is 5.68. The van der Waals surface area contributed by atoms with Crippen molar-refractivity contribution in [2.75, 3.05) is 0 Å². The summed E-state index contributed by atoms with van der Waals surface area (Å²) in [5.41, 5.74) is 4.91. The number of carbonyl (C=O) groups excluding carboxylic acids is 2. The zero-order valence-electron chi connectivity index (χ0n) is 14.3. The molecule has 0 saturated carbocycles. The number of hydrogen-bond donors (Lipinski definition) is 3. The number of halogens is 1. The van der Waals surface area contributed by atoms with E-state index in [1.54, 1.807) is 44.3 Å². The molecule has 7 heteroatoms.